The first-order chi connectivity index (χ1) is 10.3. The molecule has 0 saturated carbocycles. The molecular formula is C20H17N. The van der Waals surface area contributed by atoms with E-state index in [4.69, 9.17) is 0 Å². The van der Waals surface area contributed by atoms with Crippen LogP contribution in [0.4, 0.5) is 0 Å². The number of rotatable bonds is 0. The highest BCUT2D eigenvalue weighted by molar-refractivity contribution is 5.85. The van der Waals surface area contributed by atoms with Crippen LogP contribution in [0.15, 0.2) is 60.7 Å². The molecule has 0 unspecified atom stereocenters. The predicted octanol–water partition coefficient (Wildman–Crippen LogP) is 4.30. The van der Waals surface area contributed by atoms with Crippen molar-refractivity contribution in [2.45, 2.75) is 24.9 Å². The molecular weight excluding hydrogens is 254 g/mol. The fourth-order valence-electron chi connectivity index (χ4n) is 4.29. The summed E-state index contributed by atoms with van der Waals surface area (Å²) in [5.74, 6) is 0. The van der Waals surface area contributed by atoms with E-state index in [9.17, 15) is 0 Å². The van der Waals surface area contributed by atoms with Gasteiger partial charge in [-0.15, -0.1) is 0 Å². The topological polar surface area (TPSA) is 12.0 Å². The first kappa shape index (κ1) is 11.5. The van der Waals surface area contributed by atoms with E-state index in [-0.39, 0.29) is 5.54 Å². The van der Waals surface area contributed by atoms with Crippen LogP contribution in [0.5, 0.6) is 0 Å². The third-order valence-corrected chi connectivity index (χ3v) is 5.27. The molecule has 21 heavy (non-hydrogen) atoms. The Labute approximate surface area is 124 Å². The van der Waals surface area contributed by atoms with Gasteiger partial charge >= 0.3 is 0 Å². The second-order valence-electron chi connectivity index (χ2n) is 6.47. The van der Waals surface area contributed by atoms with Gasteiger partial charge in [0.15, 0.2) is 0 Å². The Kier molecular flexibility index (Phi) is 2.06. The molecule has 2 atom stereocenters. The van der Waals surface area contributed by atoms with Gasteiger partial charge in [-0.2, -0.15) is 0 Å². The third kappa shape index (κ3) is 1.39. The van der Waals surface area contributed by atoms with Crippen molar-refractivity contribution in [3.8, 4) is 0 Å². The fraction of sp³-hybridized carbons (Fsp3) is 0.200. The van der Waals surface area contributed by atoms with Crippen LogP contribution in [0.2, 0.25) is 0 Å². The van der Waals surface area contributed by atoms with Crippen LogP contribution in [0.1, 0.15) is 35.2 Å². The summed E-state index contributed by atoms with van der Waals surface area (Å²) < 4.78 is 0. The van der Waals surface area contributed by atoms with Crippen molar-refractivity contribution in [1.82, 2.24) is 5.32 Å². The summed E-state index contributed by atoms with van der Waals surface area (Å²) in [6.07, 6.45) is 1.09. The molecule has 3 aromatic rings. The Morgan fingerprint density at radius 2 is 1.62 bits per heavy atom. The first-order valence-corrected chi connectivity index (χ1v) is 7.65. The van der Waals surface area contributed by atoms with Crippen molar-refractivity contribution in [1.29, 1.82) is 0 Å². The monoisotopic (exact) mass is 271 g/mol. The molecule has 1 heteroatoms. The lowest BCUT2D eigenvalue weighted by atomic mass is 9.81. The van der Waals surface area contributed by atoms with Gasteiger partial charge in [-0.05, 0) is 52.4 Å². The minimum Gasteiger partial charge on any atom is -0.297 e. The van der Waals surface area contributed by atoms with Gasteiger partial charge in [0.1, 0.15) is 0 Å². The minimum atomic E-state index is -0.0428. The highest BCUT2D eigenvalue weighted by Crippen LogP contribution is 2.48. The number of fused-ring (bicyclic) bond motifs is 8. The number of hydrogen-bond acceptors (Lipinski definition) is 1. The van der Waals surface area contributed by atoms with Crippen LogP contribution < -0.4 is 5.32 Å². The van der Waals surface area contributed by atoms with E-state index < -0.39 is 0 Å². The zero-order valence-corrected chi connectivity index (χ0v) is 12.1. The maximum atomic E-state index is 3.85. The SMILES string of the molecule is C[C@@]12N[C@@H](Cc3cc4ccccc4cc31)c1ccccc12. The molecule has 0 saturated heterocycles. The Hall–Kier alpha value is -2.12. The molecule has 0 aromatic heterocycles. The lowest BCUT2D eigenvalue weighted by Gasteiger charge is -2.35. The second-order valence-corrected chi connectivity index (χ2v) is 6.47. The van der Waals surface area contributed by atoms with Crippen LogP contribution in [0.25, 0.3) is 10.8 Å². The Balaban J connectivity index is 1.85. The fourth-order valence-corrected chi connectivity index (χ4v) is 4.29. The zero-order valence-electron chi connectivity index (χ0n) is 12.1. The quantitative estimate of drug-likeness (QED) is 0.642. The lowest BCUT2D eigenvalue weighted by Crippen LogP contribution is -2.41. The Morgan fingerprint density at radius 1 is 0.905 bits per heavy atom. The second kappa shape index (κ2) is 3.75. The van der Waals surface area contributed by atoms with Gasteiger partial charge in [0.05, 0.1) is 5.54 Å². The van der Waals surface area contributed by atoms with Crippen LogP contribution >= 0.6 is 0 Å². The lowest BCUT2D eigenvalue weighted by molar-refractivity contribution is 0.389. The van der Waals surface area contributed by atoms with E-state index in [1.165, 1.54) is 33.0 Å². The van der Waals surface area contributed by atoms with Gasteiger partial charge in [0, 0.05) is 6.04 Å². The maximum absolute atomic E-state index is 3.85. The average Bonchev–Trinajstić information content (AvgIpc) is 2.76. The van der Waals surface area contributed by atoms with Gasteiger partial charge in [-0.25, -0.2) is 0 Å². The van der Waals surface area contributed by atoms with Crippen molar-refractivity contribution < 1.29 is 0 Å². The van der Waals surface area contributed by atoms with E-state index in [0.717, 1.165) is 6.42 Å². The number of benzene rings is 3. The molecule has 1 nitrogen and oxygen atoms in total. The summed E-state index contributed by atoms with van der Waals surface area (Å²) in [7, 11) is 0. The van der Waals surface area contributed by atoms with Crippen LogP contribution in [-0.2, 0) is 12.0 Å². The molecule has 0 amide bonds. The van der Waals surface area contributed by atoms with Crippen molar-refractivity contribution >= 4 is 10.8 Å². The van der Waals surface area contributed by atoms with E-state index in [2.05, 4.69) is 72.9 Å². The molecule has 1 N–H and O–H groups in total. The molecule has 2 aliphatic heterocycles. The smallest absolute Gasteiger partial charge is 0.0672 e. The highest BCUT2D eigenvalue weighted by atomic mass is 15.1. The molecule has 0 fully saturated rings. The van der Waals surface area contributed by atoms with E-state index in [1.807, 2.05) is 0 Å². The van der Waals surface area contributed by atoms with Crippen molar-refractivity contribution in [2.24, 2.45) is 0 Å². The van der Waals surface area contributed by atoms with E-state index in [0.29, 0.717) is 6.04 Å². The zero-order chi connectivity index (χ0) is 14.0. The summed E-state index contributed by atoms with van der Waals surface area (Å²) in [4.78, 5) is 0. The van der Waals surface area contributed by atoms with Crippen LogP contribution in [0, 0.1) is 0 Å². The third-order valence-electron chi connectivity index (χ3n) is 5.27. The molecule has 0 spiro atoms. The Bertz CT molecular complexity index is 880. The van der Waals surface area contributed by atoms with Gasteiger partial charge in [0.25, 0.3) is 0 Å². The molecule has 5 rings (SSSR count). The molecule has 3 aromatic carbocycles. The normalized spacial score (nSPS) is 25.7. The van der Waals surface area contributed by atoms with Gasteiger partial charge in [0.2, 0.25) is 0 Å². The summed E-state index contributed by atoms with van der Waals surface area (Å²) >= 11 is 0. The van der Waals surface area contributed by atoms with Gasteiger partial charge in [-0.1, -0.05) is 54.6 Å². The van der Waals surface area contributed by atoms with Crippen molar-refractivity contribution in [2.75, 3.05) is 0 Å². The largest absolute Gasteiger partial charge is 0.297 e. The summed E-state index contributed by atoms with van der Waals surface area (Å²) in [6, 6.07) is 22.8. The molecule has 2 heterocycles. The van der Waals surface area contributed by atoms with E-state index in [1.54, 1.807) is 0 Å². The molecule has 102 valence electrons. The van der Waals surface area contributed by atoms with Gasteiger partial charge < -0.3 is 0 Å². The average molecular weight is 271 g/mol. The standard InChI is InChI=1S/C20H17N/c1-20-17-9-5-4-8-16(17)19(21-20)12-15-10-13-6-2-3-7-14(13)11-18(15)20/h2-11,19,21H,12H2,1H3/t19-,20-/m0/s1. The molecule has 2 bridgehead atoms. The maximum Gasteiger partial charge on any atom is 0.0672 e. The molecule has 2 aliphatic rings. The van der Waals surface area contributed by atoms with Gasteiger partial charge in [-0.3, -0.25) is 5.32 Å². The summed E-state index contributed by atoms with van der Waals surface area (Å²) in [5.41, 5.74) is 5.82. The number of nitrogens with one attached hydrogen (secondary N) is 1. The van der Waals surface area contributed by atoms with E-state index >= 15 is 0 Å². The molecule has 0 aliphatic carbocycles. The Morgan fingerprint density at radius 3 is 2.48 bits per heavy atom. The molecule has 0 radical (unpaired) electrons. The van der Waals surface area contributed by atoms with Crippen LogP contribution in [0.3, 0.4) is 0 Å². The predicted molar refractivity (Wildman–Crippen MR) is 86.4 cm³/mol. The first-order valence-electron chi connectivity index (χ1n) is 7.65. The van der Waals surface area contributed by atoms with Crippen molar-refractivity contribution in [3.05, 3.63) is 82.9 Å². The van der Waals surface area contributed by atoms with Crippen LogP contribution in [-0.4, -0.2) is 0 Å². The number of hydrogen-bond donors (Lipinski definition) is 1. The summed E-state index contributed by atoms with van der Waals surface area (Å²) in [5, 5.41) is 6.54. The highest BCUT2D eigenvalue weighted by Gasteiger charge is 2.45. The summed E-state index contributed by atoms with van der Waals surface area (Å²) in [6.45, 7) is 2.33. The van der Waals surface area contributed by atoms with Crippen molar-refractivity contribution in [3.63, 3.8) is 0 Å². The minimum absolute atomic E-state index is 0.0428.